The van der Waals surface area contributed by atoms with Crippen LogP contribution in [-0.2, 0) is 4.79 Å². The van der Waals surface area contributed by atoms with Gasteiger partial charge < -0.3 is 16.0 Å². The van der Waals surface area contributed by atoms with Crippen molar-refractivity contribution in [1.29, 1.82) is 0 Å². The minimum absolute atomic E-state index is 0.0357. The van der Waals surface area contributed by atoms with E-state index >= 15 is 0 Å². The van der Waals surface area contributed by atoms with Crippen molar-refractivity contribution < 1.29 is 28.4 Å². The number of benzene rings is 2. The number of aryl methyl sites for hydroxylation is 1. The Morgan fingerprint density at radius 2 is 1.46 bits per heavy atom. The smallest absolute Gasteiger partial charge is 0.315 e. The minimum Gasteiger partial charge on any atom is -0.341 e. The molecule has 10 heteroatoms. The van der Waals surface area contributed by atoms with Crippen LogP contribution in [0.1, 0.15) is 34.0 Å². The van der Waals surface area contributed by atoms with Gasteiger partial charge in [-0.2, -0.15) is 0 Å². The summed E-state index contributed by atoms with van der Waals surface area (Å²) in [6.45, 7) is 2.84. The van der Waals surface area contributed by atoms with Crippen LogP contribution in [0.5, 0.6) is 0 Å². The van der Waals surface area contributed by atoms with Crippen molar-refractivity contribution in [1.82, 2.24) is 21.4 Å². The molecule has 5 N–H and O–H groups in total. The van der Waals surface area contributed by atoms with Crippen molar-refractivity contribution in [3.05, 3.63) is 70.8 Å². The van der Waals surface area contributed by atoms with E-state index in [4.69, 9.17) is 5.21 Å². The van der Waals surface area contributed by atoms with Gasteiger partial charge in [-0.25, -0.2) is 19.1 Å². The van der Waals surface area contributed by atoms with Gasteiger partial charge in [0.2, 0.25) is 0 Å². The quantitative estimate of drug-likeness (QED) is 0.246. The summed E-state index contributed by atoms with van der Waals surface area (Å²) < 4.78 is 27.6. The Kier molecular flexibility index (Phi) is 9.33. The first-order valence-electron chi connectivity index (χ1n) is 10.3. The van der Waals surface area contributed by atoms with E-state index in [9.17, 15) is 23.2 Å². The molecule has 0 heterocycles. The van der Waals surface area contributed by atoms with E-state index in [2.05, 4.69) is 34.3 Å². The molecule has 0 radical (unpaired) electrons. The number of rotatable bonds is 6. The molecule has 0 aliphatic heterocycles. The molecule has 0 saturated carbocycles. The lowest BCUT2D eigenvalue weighted by atomic mass is 9.91. The third-order valence-corrected chi connectivity index (χ3v) is 4.99. The third-order valence-electron chi connectivity index (χ3n) is 4.99. The Hall–Kier alpha value is -4.41. The van der Waals surface area contributed by atoms with E-state index in [1.165, 1.54) is 36.8 Å². The number of carbonyl (C=O) groups excluding carboxylic acids is 3. The predicted octanol–water partition coefficient (Wildman–Crippen LogP) is 1.95. The van der Waals surface area contributed by atoms with Gasteiger partial charge in [0.15, 0.2) is 0 Å². The molecular formula is C25H24F2N4O4. The number of hydrogen-bond donors (Lipinski definition) is 5. The number of hydroxylamine groups is 1. The Balaban J connectivity index is 2.18. The molecule has 0 fully saturated rings. The van der Waals surface area contributed by atoms with Gasteiger partial charge in [0.05, 0.1) is 0 Å². The van der Waals surface area contributed by atoms with Crippen LogP contribution in [0.2, 0.25) is 0 Å². The van der Waals surface area contributed by atoms with Crippen molar-refractivity contribution >= 4 is 17.8 Å². The third kappa shape index (κ3) is 7.29. The van der Waals surface area contributed by atoms with Crippen LogP contribution in [0.3, 0.4) is 0 Å². The highest BCUT2D eigenvalue weighted by Gasteiger charge is 2.48. The summed E-state index contributed by atoms with van der Waals surface area (Å²) >= 11 is 0. The Morgan fingerprint density at radius 3 is 1.91 bits per heavy atom. The van der Waals surface area contributed by atoms with Gasteiger partial charge in [-0.05, 0) is 62.1 Å². The second-order valence-electron chi connectivity index (χ2n) is 7.61. The molecule has 0 bridgehead atoms. The molecule has 2 atom stereocenters. The molecule has 4 amide bonds. The number of urea groups is 1. The van der Waals surface area contributed by atoms with Crippen LogP contribution < -0.4 is 21.4 Å². The summed E-state index contributed by atoms with van der Waals surface area (Å²) in [6, 6.07) is 10.4. The molecule has 0 aromatic heterocycles. The molecular weight excluding hydrogens is 458 g/mol. The molecule has 0 aliphatic rings. The van der Waals surface area contributed by atoms with Crippen LogP contribution in [-0.4, -0.2) is 48.1 Å². The zero-order chi connectivity index (χ0) is 26.0. The zero-order valence-electron chi connectivity index (χ0n) is 19.2. The Labute approximate surface area is 201 Å². The van der Waals surface area contributed by atoms with Crippen molar-refractivity contribution in [2.24, 2.45) is 0 Å². The van der Waals surface area contributed by atoms with Gasteiger partial charge in [0.1, 0.15) is 11.6 Å². The topological polar surface area (TPSA) is 120 Å². The van der Waals surface area contributed by atoms with Crippen molar-refractivity contribution in [3.63, 3.8) is 0 Å². The van der Waals surface area contributed by atoms with Crippen LogP contribution >= 0.6 is 0 Å². The molecule has 0 saturated heterocycles. The average Bonchev–Trinajstić information content (AvgIpc) is 2.85. The van der Waals surface area contributed by atoms with Crippen LogP contribution in [0.4, 0.5) is 13.6 Å². The molecule has 0 spiro atoms. The van der Waals surface area contributed by atoms with E-state index in [1.807, 2.05) is 36.5 Å². The van der Waals surface area contributed by atoms with Crippen molar-refractivity contribution in [3.8, 4) is 23.7 Å². The number of amides is 4. The summed E-state index contributed by atoms with van der Waals surface area (Å²) in [4.78, 5) is 36.4. The highest BCUT2D eigenvalue weighted by Crippen LogP contribution is 2.21. The van der Waals surface area contributed by atoms with Gasteiger partial charge in [-0.1, -0.05) is 29.5 Å². The molecule has 2 rings (SSSR count). The number of halogens is 2. The van der Waals surface area contributed by atoms with Gasteiger partial charge in [-0.15, -0.1) is 0 Å². The number of carbonyl (C=O) groups is 3. The molecule has 182 valence electrons. The molecule has 1 unspecified atom stereocenters. The lowest BCUT2D eigenvalue weighted by molar-refractivity contribution is -0.135. The highest BCUT2D eigenvalue weighted by molar-refractivity contribution is 5.98. The maximum Gasteiger partial charge on any atom is 0.315 e. The molecule has 8 nitrogen and oxygen atoms in total. The standard InChI is InChI=1S/C25H24F2N4O4/c1-16-8-10-17(11-9-16)6-4-5-7-18-12-14-19(15-13-18)21(32)29-20(22(33)31-35)25(2,23(26)27)30-24(34)28-3/h8-15,20,23,35H,1-3H3,(H,29,32)(H,31,33)(H2,28,30,34)/t20-,25?/m1/s1. The lowest BCUT2D eigenvalue weighted by Gasteiger charge is -2.36. The summed E-state index contributed by atoms with van der Waals surface area (Å²) in [6.07, 6.45) is -3.28. The van der Waals surface area contributed by atoms with E-state index in [0.29, 0.717) is 5.56 Å². The fourth-order valence-corrected chi connectivity index (χ4v) is 2.88. The van der Waals surface area contributed by atoms with Gasteiger partial charge in [-0.3, -0.25) is 14.8 Å². The first-order valence-corrected chi connectivity index (χ1v) is 10.3. The largest absolute Gasteiger partial charge is 0.341 e. The van der Waals surface area contributed by atoms with E-state index in [1.54, 1.807) is 0 Å². The Morgan fingerprint density at radius 1 is 0.943 bits per heavy atom. The van der Waals surface area contributed by atoms with Gasteiger partial charge >= 0.3 is 6.03 Å². The second kappa shape index (κ2) is 12.2. The Bertz CT molecular complexity index is 1190. The number of nitrogens with one attached hydrogen (secondary N) is 4. The fraction of sp³-hybridized carbons (Fsp3) is 0.240. The van der Waals surface area contributed by atoms with Crippen molar-refractivity contribution in [2.45, 2.75) is 31.9 Å². The number of hydrogen-bond acceptors (Lipinski definition) is 4. The van der Waals surface area contributed by atoms with E-state index in [0.717, 1.165) is 18.1 Å². The molecule has 35 heavy (non-hydrogen) atoms. The highest BCUT2D eigenvalue weighted by atomic mass is 19.3. The monoisotopic (exact) mass is 482 g/mol. The van der Waals surface area contributed by atoms with E-state index < -0.39 is 35.9 Å². The predicted molar refractivity (Wildman–Crippen MR) is 125 cm³/mol. The van der Waals surface area contributed by atoms with Crippen molar-refractivity contribution in [2.75, 3.05) is 7.05 Å². The summed E-state index contributed by atoms with van der Waals surface area (Å²) in [5, 5.41) is 15.2. The van der Waals surface area contributed by atoms with Crippen LogP contribution in [0.15, 0.2) is 48.5 Å². The normalized spacial score (nSPS) is 12.5. The first kappa shape index (κ1) is 26.8. The van der Waals surface area contributed by atoms with Crippen LogP contribution in [0.25, 0.3) is 0 Å². The SMILES string of the molecule is CNC(=O)NC(C)(C(F)F)[C@H](NC(=O)c1ccc(C#CC#Cc2ccc(C)cc2)cc1)C(=O)NO. The van der Waals surface area contributed by atoms with Gasteiger partial charge in [0.25, 0.3) is 18.2 Å². The maximum atomic E-state index is 13.8. The molecule has 2 aromatic carbocycles. The maximum absolute atomic E-state index is 13.8. The van der Waals surface area contributed by atoms with E-state index in [-0.39, 0.29) is 5.56 Å². The second-order valence-corrected chi connectivity index (χ2v) is 7.61. The van der Waals surface area contributed by atoms with Crippen LogP contribution in [0, 0.1) is 30.6 Å². The summed E-state index contributed by atoms with van der Waals surface area (Å²) in [5.74, 6) is 8.94. The average molecular weight is 482 g/mol. The molecule has 2 aromatic rings. The first-order chi connectivity index (χ1) is 16.6. The minimum atomic E-state index is -3.28. The number of alkyl halides is 2. The zero-order valence-corrected chi connectivity index (χ0v) is 19.2. The molecule has 0 aliphatic carbocycles. The fourth-order valence-electron chi connectivity index (χ4n) is 2.88. The summed E-state index contributed by atoms with van der Waals surface area (Å²) in [5.41, 5.74) is 1.22. The lowest BCUT2D eigenvalue weighted by Crippen LogP contribution is -2.69. The van der Waals surface area contributed by atoms with Gasteiger partial charge in [0, 0.05) is 23.7 Å². The summed E-state index contributed by atoms with van der Waals surface area (Å²) in [7, 11) is 1.19.